The lowest BCUT2D eigenvalue weighted by Crippen LogP contribution is -2.58. The van der Waals surface area contributed by atoms with Crippen molar-refractivity contribution >= 4 is 11.9 Å². The third kappa shape index (κ3) is 3.66. The molecule has 2 saturated heterocycles. The molecular weight excluding hydrogens is 365 g/mol. The first kappa shape index (κ1) is 19.6. The molecule has 6 nitrogen and oxygen atoms in total. The second-order valence-corrected chi connectivity index (χ2v) is 6.80. The number of aliphatic carboxylic acids is 1. The molecule has 27 heavy (non-hydrogen) atoms. The number of hydrogen-bond acceptors (Lipinski definition) is 4. The topological polar surface area (TPSA) is 70.1 Å². The normalized spacial score (nSPS) is 23.0. The summed E-state index contributed by atoms with van der Waals surface area (Å²) in [7, 11) is 0. The van der Waals surface area contributed by atoms with Gasteiger partial charge >= 0.3 is 12.1 Å². The van der Waals surface area contributed by atoms with Crippen LogP contribution in [0, 0.1) is 0 Å². The molecule has 0 aromatic heterocycles. The van der Waals surface area contributed by atoms with Crippen LogP contribution in [0.15, 0.2) is 24.3 Å². The van der Waals surface area contributed by atoms with Gasteiger partial charge in [0, 0.05) is 31.5 Å². The highest BCUT2D eigenvalue weighted by Gasteiger charge is 2.54. The average Bonchev–Trinajstić information content (AvgIpc) is 3.00. The number of ether oxygens (including phenoxy) is 1. The Morgan fingerprint density at radius 2 is 1.81 bits per heavy atom. The van der Waals surface area contributed by atoms with Gasteiger partial charge in [-0.1, -0.05) is 6.92 Å². The van der Waals surface area contributed by atoms with Gasteiger partial charge in [-0.3, -0.25) is 9.69 Å². The Morgan fingerprint density at radius 3 is 2.30 bits per heavy atom. The van der Waals surface area contributed by atoms with Crippen LogP contribution in [0.2, 0.25) is 0 Å². The van der Waals surface area contributed by atoms with Crippen LogP contribution in [-0.2, 0) is 15.7 Å². The molecule has 1 aromatic carbocycles. The number of amides is 1. The number of piperidine rings is 1. The average molecular weight is 386 g/mol. The molecule has 1 spiro atoms. The van der Waals surface area contributed by atoms with E-state index in [0.29, 0.717) is 25.9 Å². The predicted octanol–water partition coefficient (Wildman–Crippen LogP) is 2.44. The molecule has 0 aliphatic carbocycles. The van der Waals surface area contributed by atoms with Gasteiger partial charge in [0.1, 0.15) is 5.72 Å². The van der Waals surface area contributed by atoms with Crippen LogP contribution in [0.3, 0.4) is 0 Å². The van der Waals surface area contributed by atoms with E-state index < -0.39 is 35.4 Å². The number of nitrogens with zero attached hydrogens (tertiary/aromatic N) is 2. The molecule has 1 N–H and O–H groups in total. The Bertz CT molecular complexity index is 712. The van der Waals surface area contributed by atoms with E-state index in [2.05, 4.69) is 4.90 Å². The van der Waals surface area contributed by atoms with Crippen LogP contribution >= 0.6 is 0 Å². The third-order valence-electron chi connectivity index (χ3n) is 5.31. The molecule has 3 rings (SSSR count). The van der Waals surface area contributed by atoms with Crippen molar-refractivity contribution in [2.24, 2.45) is 0 Å². The van der Waals surface area contributed by atoms with Gasteiger partial charge in [0.25, 0.3) is 5.91 Å². The lowest BCUT2D eigenvalue weighted by molar-refractivity contribution is -0.143. The van der Waals surface area contributed by atoms with Crippen molar-refractivity contribution in [3.05, 3.63) is 35.4 Å². The van der Waals surface area contributed by atoms with E-state index in [4.69, 9.17) is 4.74 Å². The summed E-state index contributed by atoms with van der Waals surface area (Å²) in [6.07, 6.45) is -3.59. The number of carboxylic acid groups (broad SMARTS) is 1. The van der Waals surface area contributed by atoms with Crippen molar-refractivity contribution < 1.29 is 32.6 Å². The Hall–Kier alpha value is -2.13. The second kappa shape index (κ2) is 7.12. The zero-order chi connectivity index (χ0) is 19.8. The van der Waals surface area contributed by atoms with Crippen LogP contribution in [0.25, 0.3) is 0 Å². The molecule has 2 fully saturated rings. The SMILES string of the molecule is CCN1CCC2(CC1)OC[C@H](C(=O)O)N2C(=O)c1ccc(C(F)(F)F)cc1. The summed E-state index contributed by atoms with van der Waals surface area (Å²) < 4.78 is 44.0. The fraction of sp³-hybridized carbons (Fsp3) is 0.556. The van der Waals surface area contributed by atoms with Crippen molar-refractivity contribution in [1.82, 2.24) is 9.80 Å². The molecule has 0 saturated carbocycles. The fourth-order valence-electron chi connectivity index (χ4n) is 3.72. The molecule has 0 unspecified atom stereocenters. The van der Waals surface area contributed by atoms with E-state index in [1.165, 1.54) is 4.90 Å². The summed E-state index contributed by atoms with van der Waals surface area (Å²) in [6, 6.07) is 2.65. The quantitative estimate of drug-likeness (QED) is 0.864. The first-order valence-electron chi connectivity index (χ1n) is 8.78. The predicted molar refractivity (Wildman–Crippen MR) is 89.1 cm³/mol. The Morgan fingerprint density at radius 1 is 1.22 bits per heavy atom. The third-order valence-corrected chi connectivity index (χ3v) is 5.31. The number of hydrogen-bond donors (Lipinski definition) is 1. The smallest absolute Gasteiger partial charge is 0.416 e. The molecule has 0 radical (unpaired) electrons. The van der Waals surface area contributed by atoms with Gasteiger partial charge in [-0.05, 0) is 30.8 Å². The molecule has 0 bridgehead atoms. The van der Waals surface area contributed by atoms with Crippen molar-refractivity contribution in [3.63, 3.8) is 0 Å². The Labute approximate surface area is 154 Å². The van der Waals surface area contributed by atoms with Crippen LogP contribution in [0.1, 0.15) is 35.7 Å². The Kier molecular flexibility index (Phi) is 5.18. The van der Waals surface area contributed by atoms with E-state index >= 15 is 0 Å². The summed E-state index contributed by atoms with van der Waals surface area (Å²) in [5, 5.41) is 9.51. The highest BCUT2D eigenvalue weighted by Crippen LogP contribution is 2.38. The number of carbonyl (C=O) groups excluding carboxylic acids is 1. The number of likely N-dealkylation sites (tertiary alicyclic amines) is 1. The molecule has 1 atom stereocenters. The van der Waals surface area contributed by atoms with Crippen LogP contribution in [-0.4, -0.2) is 64.8 Å². The van der Waals surface area contributed by atoms with Gasteiger partial charge in [-0.2, -0.15) is 13.2 Å². The monoisotopic (exact) mass is 386 g/mol. The van der Waals surface area contributed by atoms with Gasteiger partial charge in [0.2, 0.25) is 0 Å². The number of alkyl halides is 3. The highest BCUT2D eigenvalue weighted by atomic mass is 19.4. The summed E-state index contributed by atoms with van der Waals surface area (Å²) in [5.41, 5.74) is -1.89. The second-order valence-electron chi connectivity index (χ2n) is 6.80. The lowest BCUT2D eigenvalue weighted by Gasteiger charge is -2.44. The van der Waals surface area contributed by atoms with Crippen molar-refractivity contribution in [1.29, 1.82) is 0 Å². The minimum absolute atomic E-state index is 0.0112. The molecule has 148 valence electrons. The van der Waals surface area contributed by atoms with Gasteiger partial charge < -0.3 is 14.7 Å². The number of rotatable bonds is 3. The van der Waals surface area contributed by atoms with Crippen molar-refractivity contribution in [3.8, 4) is 0 Å². The van der Waals surface area contributed by atoms with Crippen molar-refractivity contribution in [2.45, 2.75) is 37.7 Å². The maximum Gasteiger partial charge on any atom is 0.416 e. The van der Waals surface area contributed by atoms with Gasteiger partial charge in [-0.15, -0.1) is 0 Å². The van der Waals surface area contributed by atoms with E-state index in [0.717, 1.165) is 30.8 Å². The number of halogens is 3. The number of carboxylic acids is 1. The largest absolute Gasteiger partial charge is 0.480 e. The molecule has 1 amide bonds. The Balaban J connectivity index is 1.89. The minimum Gasteiger partial charge on any atom is -0.480 e. The molecular formula is C18H21F3N2O4. The van der Waals surface area contributed by atoms with Crippen LogP contribution in [0.4, 0.5) is 13.2 Å². The van der Waals surface area contributed by atoms with Gasteiger partial charge in [-0.25, -0.2) is 4.79 Å². The maximum atomic E-state index is 13.0. The summed E-state index contributed by atoms with van der Waals surface area (Å²) in [5.74, 6) is -1.82. The molecule has 2 aliphatic rings. The summed E-state index contributed by atoms with van der Waals surface area (Å²) >= 11 is 0. The highest BCUT2D eigenvalue weighted by molar-refractivity contribution is 5.97. The van der Waals surface area contributed by atoms with E-state index in [-0.39, 0.29) is 12.2 Å². The van der Waals surface area contributed by atoms with Crippen LogP contribution in [0.5, 0.6) is 0 Å². The molecule has 2 heterocycles. The number of benzene rings is 1. The van der Waals surface area contributed by atoms with Crippen molar-refractivity contribution in [2.75, 3.05) is 26.2 Å². The molecule has 9 heteroatoms. The summed E-state index contributed by atoms with van der Waals surface area (Å²) in [4.78, 5) is 28.1. The molecule has 1 aromatic rings. The fourth-order valence-corrected chi connectivity index (χ4v) is 3.72. The summed E-state index contributed by atoms with van der Waals surface area (Å²) in [6.45, 7) is 4.02. The number of carbonyl (C=O) groups is 2. The maximum absolute atomic E-state index is 13.0. The zero-order valence-electron chi connectivity index (χ0n) is 14.8. The minimum atomic E-state index is -4.50. The van der Waals surface area contributed by atoms with E-state index in [1.54, 1.807) is 0 Å². The standard InChI is InChI=1S/C18H21F3N2O4/c1-2-22-9-7-17(8-10-22)23(14(11-27-17)16(25)26)15(24)12-3-5-13(6-4-12)18(19,20)21/h3-6,14H,2,7-11H2,1H3,(H,25,26)/t14-/m1/s1. The van der Waals surface area contributed by atoms with Gasteiger partial charge in [0.05, 0.1) is 12.2 Å². The first-order chi connectivity index (χ1) is 12.7. The van der Waals surface area contributed by atoms with E-state index in [1.807, 2.05) is 6.92 Å². The van der Waals surface area contributed by atoms with Crippen LogP contribution < -0.4 is 0 Å². The lowest BCUT2D eigenvalue weighted by atomic mass is 9.96. The molecule has 2 aliphatic heterocycles. The first-order valence-corrected chi connectivity index (χ1v) is 8.78. The zero-order valence-corrected chi connectivity index (χ0v) is 14.8. The van der Waals surface area contributed by atoms with Gasteiger partial charge in [0.15, 0.2) is 6.04 Å². The van der Waals surface area contributed by atoms with E-state index in [9.17, 15) is 27.9 Å².